The van der Waals surface area contributed by atoms with Crippen molar-refractivity contribution in [3.63, 3.8) is 0 Å². The van der Waals surface area contributed by atoms with Crippen LogP contribution in [0.5, 0.6) is 0 Å². The van der Waals surface area contributed by atoms with E-state index in [-0.39, 0.29) is 5.91 Å². The molecule has 0 fully saturated rings. The highest BCUT2D eigenvalue weighted by atomic mass is 79.9. The molecule has 0 aliphatic carbocycles. The summed E-state index contributed by atoms with van der Waals surface area (Å²) >= 11 is 24.1. The Morgan fingerprint density at radius 3 is 2.62 bits per heavy atom. The van der Waals surface area contributed by atoms with Crippen molar-refractivity contribution in [1.29, 1.82) is 0 Å². The van der Waals surface area contributed by atoms with Crippen LogP contribution in [-0.2, 0) is 5.75 Å². The van der Waals surface area contributed by atoms with Gasteiger partial charge in [-0.15, -0.1) is 10.2 Å². The van der Waals surface area contributed by atoms with E-state index >= 15 is 0 Å². The summed E-state index contributed by atoms with van der Waals surface area (Å²) in [6.45, 7) is 0. The van der Waals surface area contributed by atoms with Gasteiger partial charge in [0.05, 0.1) is 20.6 Å². The lowest BCUT2D eigenvalue weighted by Crippen LogP contribution is -2.12. The number of rotatable bonds is 5. The second-order valence-corrected chi connectivity index (χ2v) is 9.33. The lowest BCUT2D eigenvalue weighted by molar-refractivity contribution is 0.102. The number of nitrogens with one attached hydrogen (secondary N) is 1. The van der Waals surface area contributed by atoms with Crippen LogP contribution in [0.2, 0.25) is 15.1 Å². The zero-order chi connectivity index (χ0) is 18.7. The molecule has 0 radical (unpaired) electrons. The number of aromatic nitrogens is 2. The fourth-order valence-electron chi connectivity index (χ4n) is 1.93. The van der Waals surface area contributed by atoms with Crippen molar-refractivity contribution in [3.05, 3.63) is 67.1 Å². The van der Waals surface area contributed by atoms with Crippen LogP contribution in [-0.4, -0.2) is 16.1 Å². The van der Waals surface area contributed by atoms with Crippen LogP contribution in [0.25, 0.3) is 0 Å². The predicted molar refractivity (Wildman–Crippen MR) is 113 cm³/mol. The fraction of sp³-hybridized carbons (Fsp3) is 0.0625. The van der Waals surface area contributed by atoms with Gasteiger partial charge in [0.2, 0.25) is 5.13 Å². The van der Waals surface area contributed by atoms with Crippen molar-refractivity contribution in [2.75, 3.05) is 5.32 Å². The Hall–Kier alpha value is -0.830. The molecule has 1 N–H and O–H groups in total. The highest BCUT2D eigenvalue weighted by Gasteiger charge is 2.14. The average molecular weight is 510 g/mol. The SMILES string of the molecule is O=C(Nc1nnc(SCc2ccc(Cl)c(Cl)c2)s1)c1cc(Br)ccc1Cl. The number of hydrogen-bond acceptors (Lipinski definition) is 5. The van der Waals surface area contributed by atoms with E-state index < -0.39 is 0 Å². The third-order valence-electron chi connectivity index (χ3n) is 3.15. The molecule has 10 heteroatoms. The smallest absolute Gasteiger partial charge is 0.259 e. The molecule has 0 unspecified atom stereocenters. The Morgan fingerprint density at radius 1 is 1.08 bits per heavy atom. The van der Waals surface area contributed by atoms with Crippen LogP contribution in [0.3, 0.4) is 0 Å². The van der Waals surface area contributed by atoms with E-state index in [2.05, 4.69) is 31.4 Å². The zero-order valence-electron chi connectivity index (χ0n) is 12.8. The summed E-state index contributed by atoms with van der Waals surface area (Å²) in [4.78, 5) is 12.3. The standard InChI is InChI=1S/C16H9BrCl3N3OS2/c17-9-2-4-11(18)10(6-9)14(24)21-15-22-23-16(26-15)25-7-8-1-3-12(19)13(20)5-8/h1-6H,7H2,(H,21,22,24). The summed E-state index contributed by atoms with van der Waals surface area (Å²) in [6, 6.07) is 10.5. The van der Waals surface area contributed by atoms with Crippen molar-refractivity contribution in [3.8, 4) is 0 Å². The van der Waals surface area contributed by atoms with E-state index in [4.69, 9.17) is 34.8 Å². The normalized spacial score (nSPS) is 10.8. The van der Waals surface area contributed by atoms with Gasteiger partial charge in [-0.3, -0.25) is 10.1 Å². The molecule has 4 nitrogen and oxygen atoms in total. The number of anilines is 1. The molecule has 0 bridgehead atoms. The topological polar surface area (TPSA) is 54.9 Å². The summed E-state index contributed by atoms with van der Waals surface area (Å²) in [5, 5.41) is 12.6. The first-order chi connectivity index (χ1) is 12.4. The molecule has 134 valence electrons. The van der Waals surface area contributed by atoms with Gasteiger partial charge in [0, 0.05) is 10.2 Å². The third kappa shape index (κ3) is 5.12. The van der Waals surface area contributed by atoms with Gasteiger partial charge in [-0.25, -0.2) is 0 Å². The Kier molecular flexibility index (Phi) is 6.82. The van der Waals surface area contributed by atoms with E-state index in [0.29, 0.717) is 31.5 Å². The molecule has 3 aromatic rings. The maximum absolute atomic E-state index is 12.3. The minimum Gasteiger partial charge on any atom is -0.296 e. The summed E-state index contributed by atoms with van der Waals surface area (Å²) in [7, 11) is 0. The van der Waals surface area contributed by atoms with E-state index in [1.54, 1.807) is 24.3 Å². The van der Waals surface area contributed by atoms with Gasteiger partial charge in [-0.2, -0.15) is 0 Å². The minimum atomic E-state index is -0.339. The predicted octanol–water partition coefficient (Wildman–Crippen LogP) is 6.81. The molecule has 0 aliphatic heterocycles. The Labute approximate surface area is 181 Å². The van der Waals surface area contributed by atoms with Crippen LogP contribution >= 0.6 is 73.8 Å². The van der Waals surface area contributed by atoms with E-state index in [0.717, 1.165) is 14.4 Å². The first kappa shape index (κ1) is 19.9. The quantitative estimate of drug-likeness (QED) is 0.303. The van der Waals surface area contributed by atoms with Crippen molar-refractivity contribution in [1.82, 2.24) is 10.2 Å². The van der Waals surface area contributed by atoms with Crippen molar-refractivity contribution < 1.29 is 4.79 Å². The molecule has 1 heterocycles. The van der Waals surface area contributed by atoms with Gasteiger partial charge in [0.15, 0.2) is 4.34 Å². The molecule has 1 amide bonds. The molecule has 1 aromatic heterocycles. The van der Waals surface area contributed by atoms with Gasteiger partial charge < -0.3 is 0 Å². The largest absolute Gasteiger partial charge is 0.296 e. The maximum Gasteiger partial charge on any atom is 0.259 e. The summed E-state index contributed by atoms with van der Waals surface area (Å²) in [5.41, 5.74) is 1.38. The first-order valence-corrected chi connectivity index (χ1v) is 10.8. The molecule has 3 rings (SSSR count). The van der Waals surface area contributed by atoms with Gasteiger partial charge in [0.1, 0.15) is 0 Å². The van der Waals surface area contributed by atoms with Crippen LogP contribution in [0.4, 0.5) is 5.13 Å². The number of nitrogens with zero attached hydrogens (tertiary/aromatic N) is 2. The number of amides is 1. The van der Waals surface area contributed by atoms with Gasteiger partial charge in [-0.05, 0) is 35.9 Å². The summed E-state index contributed by atoms with van der Waals surface area (Å²) in [5.74, 6) is 0.324. The summed E-state index contributed by atoms with van der Waals surface area (Å²) in [6.07, 6.45) is 0. The zero-order valence-corrected chi connectivity index (χ0v) is 18.3. The van der Waals surface area contributed by atoms with Crippen LogP contribution in [0, 0.1) is 0 Å². The minimum absolute atomic E-state index is 0.339. The molecule has 0 atom stereocenters. The molecular weight excluding hydrogens is 501 g/mol. The number of carbonyl (C=O) groups is 1. The Morgan fingerprint density at radius 2 is 1.85 bits per heavy atom. The van der Waals surface area contributed by atoms with E-state index in [1.807, 2.05) is 12.1 Å². The van der Waals surface area contributed by atoms with Crippen LogP contribution < -0.4 is 5.32 Å². The molecule has 0 aliphatic rings. The fourth-order valence-corrected chi connectivity index (χ4v) is 4.50. The monoisotopic (exact) mass is 507 g/mol. The summed E-state index contributed by atoms with van der Waals surface area (Å²) < 4.78 is 1.49. The van der Waals surface area contributed by atoms with E-state index in [9.17, 15) is 4.79 Å². The molecule has 26 heavy (non-hydrogen) atoms. The van der Waals surface area contributed by atoms with Crippen molar-refractivity contribution in [2.45, 2.75) is 10.1 Å². The van der Waals surface area contributed by atoms with Gasteiger partial charge >= 0.3 is 0 Å². The average Bonchev–Trinajstić information content (AvgIpc) is 3.05. The number of carbonyl (C=O) groups excluding carboxylic acids is 1. The lowest BCUT2D eigenvalue weighted by Gasteiger charge is -2.04. The highest BCUT2D eigenvalue weighted by Crippen LogP contribution is 2.31. The molecular formula is C16H9BrCl3N3OS2. The van der Waals surface area contributed by atoms with Crippen LogP contribution in [0.1, 0.15) is 15.9 Å². The second kappa shape index (κ2) is 8.91. The lowest BCUT2D eigenvalue weighted by atomic mass is 10.2. The Balaban J connectivity index is 1.63. The first-order valence-electron chi connectivity index (χ1n) is 7.09. The molecule has 2 aromatic carbocycles. The molecule has 0 spiro atoms. The highest BCUT2D eigenvalue weighted by molar-refractivity contribution is 9.10. The second-order valence-electron chi connectivity index (χ2n) is 4.99. The van der Waals surface area contributed by atoms with Gasteiger partial charge in [0.25, 0.3) is 5.91 Å². The number of benzene rings is 2. The van der Waals surface area contributed by atoms with Crippen LogP contribution in [0.15, 0.2) is 45.2 Å². The number of hydrogen-bond donors (Lipinski definition) is 1. The van der Waals surface area contributed by atoms with Gasteiger partial charge in [-0.1, -0.05) is 79.9 Å². The molecule has 0 saturated carbocycles. The van der Waals surface area contributed by atoms with E-state index in [1.165, 1.54) is 23.1 Å². The van der Waals surface area contributed by atoms with Crippen molar-refractivity contribution in [2.24, 2.45) is 0 Å². The Bertz CT molecular complexity index is 968. The number of halogens is 4. The third-order valence-corrected chi connectivity index (χ3v) is 6.75. The van der Waals surface area contributed by atoms with Crippen molar-refractivity contribution >= 4 is 84.9 Å². The number of thioether (sulfide) groups is 1. The molecule has 0 saturated heterocycles. The maximum atomic E-state index is 12.3.